The quantitative estimate of drug-likeness (QED) is 0.687. The first-order valence-electron chi connectivity index (χ1n) is 6.38. The molecule has 0 aromatic carbocycles. The fraction of sp³-hybridized carbons (Fsp3) is 1.00. The Hall–Kier alpha value is -0.160. The molecule has 1 aliphatic rings. The number of piperazine rings is 1. The van der Waals surface area contributed by atoms with E-state index >= 15 is 0 Å². The van der Waals surface area contributed by atoms with Gasteiger partial charge in [0, 0.05) is 39.8 Å². The van der Waals surface area contributed by atoms with Gasteiger partial charge >= 0.3 is 0 Å². The maximum absolute atomic E-state index is 9.63. The molecule has 1 aliphatic heterocycles. The van der Waals surface area contributed by atoms with Gasteiger partial charge in [-0.2, -0.15) is 0 Å². The first kappa shape index (κ1) is 13.9. The van der Waals surface area contributed by atoms with Crippen LogP contribution in [0.25, 0.3) is 0 Å². The highest BCUT2D eigenvalue weighted by atomic mass is 16.5. The van der Waals surface area contributed by atoms with E-state index in [4.69, 9.17) is 4.74 Å². The first-order valence-corrected chi connectivity index (χ1v) is 6.38. The molecule has 4 nitrogen and oxygen atoms in total. The van der Waals surface area contributed by atoms with Gasteiger partial charge in [0.15, 0.2) is 0 Å². The summed E-state index contributed by atoms with van der Waals surface area (Å²) in [6, 6.07) is 0. The van der Waals surface area contributed by atoms with Crippen LogP contribution in [0.2, 0.25) is 0 Å². The van der Waals surface area contributed by atoms with Crippen LogP contribution >= 0.6 is 0 Å². The summed E-state index contributed by atoms with van der Waals surface area (Å²) in [5.41, 5.74) is 0. The highest BCUT2D eigenvalue weighted by Crippen LogP contribution is 2.04. The monoisotopic (exact) mass is 230 g/mol. The zero-order valence-corrected chi connectivity index (χ0v) is 10.7. The number of ether oxygens (including phenoxy) is 1. The largest absolute Gasteiger partial charge is 0.389 e. The van der Waals surface area contributed by atoms with Gasteiger partial charge < -0.3 is 14.7 Å². The second-order valence-electron chi connectivity index (χ2n) is 4.60. The lowest BCUT2D eigenvalue weighted by atomic mass is 10.2. The summed E-state index contributed by atoms with van der Waals surface area (Å²) in [6.45, 7) is 9.07. The number of nitrogens with zero attached hydrogens (tertiary/aromatic N) is 2. The third kappa shape index (κ3) is 5.25. The van der Waals surface area contributed by atoms with E-state index in [2.05, 4.69) is 16.7 Å². The standard InChI is InChI=1S/C12H26N2O2/c1-3-4-5-13-6-8-14(9-7-13)10-12(15)11-16-2/h12,15H,3-11H2,1-2H3. The average Bonchev–Trinajstić information content (AvgIpc) is 2.28. The second-order valence-corrected chi connectivity index (χ2v) is 4.60. The molecule has 0 amide bonds. The minimum atomic E-state index is -0.341. The van der Waals surface area contributed by atoms with Crippen molar-refractivity contribution in [1.29, 1.82) is 0 Å². The molecule has 1 atom stereocenters. The number of hydrogen-bond donors (Lipinski definition) is 1. The van der Waals surface area contributed by atoms with Crippen molar-refractivity contribution in [3.05, 3.63) is 0 Å². The van der Waals surface area contributed by atoms with Gasteiger partial charge in [-0.05, 0) is 13.0 Å². The van der Waals surface area contributed by atoms with Crippen LogP contribution in [0.5, 0.6) is 0 Å². The van der Waals surface area contributed by atoms with Gasteiger partial charge in [0.25, 0.3) is 0 Å². The van der Waals surface area contributed by atoms with Crippen LogP contribution < -0.4 is 0 Å². The number of unbranched alkanes of at least 4 members (excludes halogenated alkanes) is 1. The van der Waals surface area contributed by atoms with E-state index in [0.29, 0.717) is 6.61 Å². The molecular weight excluding hydrogens is 204 g/mol. The Balaban J connectivity index is 2.11. The summed E-state index contributed by atoms with van der Waals surface area (Å²) in [5, 5.41) is 9.63. The lowest BCUT2D eigenvalue weighted by molar-refractivity contribution is 0.0238. The Kier molecular flexibility index (Phi) is 6.96. The summed E-state index contributed by atoms with van der Waals surface area (Å²) in [7, 11) is 1.63. The normalized spacial score (nSPS) is 21.2. The predicted molar refractivity (Wildman–Crippen MR) is 65.7 cm³/mol. The Morgan fingerprint density at radius 1 is 1.19 bits per heavy atom. The molecule has 0 bridgehead atoms. The minimum Gasteiger partial charge on any atom is -0.389 e. The molecule has 1 rings (SSSR count). The van der Waals surface area contributed by atoms with E-state index in [9.17, 15) is 5.11 Å². The molecule has 0 aliphatic carbocycles. The molecule has 4 heteroatoms. The summed E-state index contributed by atoms with van der Waals surface area (Å²) in [4.78, 5) is 4.84. The van der Waals surface area contributed by atoms with Crippen molar-refractivity contribution in [1.82, 2.24) is 9.80 Å². The van der Waals surface area contributed by atoms with Crippen molar-refractivity contribution in [2.24, 2.45) is 0 Å². The summed E-state index contributed by atoms with van der Waals surface area (Å²) in [6.07, 6.45) is 2.23. The molecular formula is C12H26N2O2. The molecule has 16 heavy (non-hydrogen) atoms. The zero-order chi connectivity index (χ0) is 11.8. The Morgan fingerprint density at radius 2 is 1.81 bits per heavy atom. The SMILES string of the molecule is CCCCN1CCN(CC(O)COC)CC1. The maximum atomic E-state index is 9.63. The molecule has 96 valence electrons. The molecule has 0 spiro atoms. The Labute approximate surface area is 99.2 Å². The van der Waals surface area contributed by atoms with Gasteiger partial charge in [-0.15, -0.1) is 0 Å². The lowest BCUT2D eigenvalue weighted by Crippen LogP contribution is -2.49. The van der Waals surface area contributed by atoms with E-state index in [1.807, 2.05) is 0 Å². The van der Waals surface area contributed by atoms with Gasteiger partial charge in [-0.3, -0.25) is 4.90 Å². The number of aliphatic hydroxyl groups excluding tert-OH is 1. The fourth-order valence-electron chi connectivity index (χ4n) is 2.12. The third-order valence-electron chi connectivity index (χ3n) is 3.12. The van der Waals surface area contributed by atoms with Crippen molar-refractivity contribution in [2.75, 3.05) is 53.0 Å². The lowest BCUT2D eigenvalue weighted by Gasteiger charge is -2.35. The van der Waals surface area contributed by atoms with Gasteiger partial charge in [0.05, 0.1) is 12.7 Å². The second kappa shape index (κ2) is 8.01. The topological polar surface area (TPSA) is 35.9 Å². The van der Waals surface area contributed by atoms with Crippen LogP contribution in [0.4, 0.5) is 0 Å². The van der Waals surface area contributed by atoms with Gasteiger partial charge in [-0.25, -0.2) is 0 Å². The number of rotatable bonds is 7. The van der Waals surface area contributed by atoms with Crippen molar-refractivity contribution in [3.63, 3.8) is 0 Å². The first-order chi connectivity index (χ1) is 7.76. The smallest absolute Gasteiger partial charge is 0.0900 e. The summed E-state index contributed by atoms with van der Waals surface area (Å²) < 4.78 is 4.93. The molecule has 1 unspecified atom stereocenters. The number of aliphatic hydroxyl groups is 1. The predicted octanol–water partition coefficient (Wildman–Crippen LogP) is 0.411. The van der Waals surface area contributed by atoms with E-state index in [-0.39, 0.29) is 6.10 Å². The highest BCUT2D eigenvalue weighted by Gasteiger charge is 2.18. The molecule has 1 saturated heterocycles. The molecule has 0 radical (unpaired) electrons. The average molecular weight is 230 g/mol. The Morgan fingerprint density at radius 3 is 2.38 bits per heavy atom. The van der Waals surface area contributed by atoms with Crippen molar-refractivity contribution >= 4 is 0 Å². The molecule has 0 aromatic rings. The van der Waals surface area contributed by atoms with E-state index in [1.54, 1.807) is 7.11 Å². The summed E-state index contributed by atoms with van der Waals surface area (Å²) in [5.74, 6) is 0. The van der Waals surface area contributed by atoms with Crippen LogP contribution in [0.15, 0.2) is 0 Å². The number of β-amino-alcohol motifs (C(OH)–C–C–N with tert-alkyl or cyclic N) is 1. The van der Waals surface area contributed by atoms with Crippen LogP contribution in [-0.4, -0.2) is 74.0 Å². The van der Waals surface area contributed by atoms with E-state index < -0.39 is 0 Å². The molecule has 1 N–H and O–H groups in total. The minimum absolute atomic E-state index is 0.341. The van der Waals surface area contributed by atoms with Crippen molar-refractivity contribution in [3.8, 4) is 0 Å². The van der Waals surface area contributed by atoms with Crippen LogP contribution in [0, 0.1) is 0 Å². The fourth-order valence-corrected chi connectivity index (χ4v) is 2.12. The van der Waals surface area contributed by atoms with E-state index in [0.717, 1.165) is 32.7 Å². The number of methoxy groups -OCH3 is 1. The Bertz CT molecular complexity index is 170. The maximum Gasteiger partial charge on any atom is 0.0900 e. The third-order valence-corrected chi connectivity index (χ3v) is 3.12. The van der Waals surface area contributed by atoms with Gasteiger partial charge in [-0.1, -0.05) is 13.3 Å². The summed E-state index contributed by atoms with van der Waals surface area (Å²) >= 11 is 0. The van der Waals surface area contributed by atoms with Crippen LogP contribution in [0.1, 0.15) is 19.8 Å². The molecule has 0 saturated carbocycles. The zero-order valence-electron chi connectivity index (χ0n) is 10.7. The van der Waals surface area contributed by atoms with Crippen molar-refractivity contribution in [2.45, 2.75) is 25.9 Å². The number of hydrogen-bond acceptors (Lipinski definition) is 4. The van der Waals surface area contributed by atoms with Crippen LogP contribution in [-0.2, 0) is 4.74 Å². The van der Waals surface area contributed by atoms with E-state index in [1.165, 1.54) is 19.4 Å². The molecule has 0 aromatic heterocycles. The van der Waals surface area contributed by atoms with Crippen LogP contribution in [0.3, 0.4) is 0 Å². The van der Waals surface area contributed by atoms with Crippen molar-refractivity contribution < 1.29 is 9.84 Å². The van der Waals surface area contributed by atoms with Gasteiger partial charge in [0.1, 0.15) is 0 Å². The van der Waals surface area contributed by atoms with Gasteiger partial charge in [0.2, 0.25) is 0 Å². The molecule has 1 heterocycles. The highest BCUT2D eigenvalue weighted by molar-refractivity contribution is 4.73. The molecule has 1 fully saturated rings.